The molecule has 5 heteroatoms. The fourth-order valence-electron chi connectivity index (χ4n) is 1.92. The van der Waals surface area contributed by atoms with E-state index in [1.807, 2.05) is 30.5 Å². The molecular weight excluding hydrogens is 272 g/mol. The summed E-state index contributed by atoms with van der Waals surface area (Å²) in [4.78, 5) is 9.08. The summed E-state index contributed by atoms with van der Waals surface area (Å²) in [6.45, 7) is 5.52. The second-order valence-corrected chi connectivity index (χ2v) is 5.31. The Balaban J connectivity index is 2.36. The number of nitrogens with two attached hydrogens (primary N) is 1. The molecule has 20 heavy (non-hydrogen) atoms. The zero-order valence-corrected chi connectivity index (χ0v) is 12.5. The fourth-order valence-corrected chi connectivity index (χ4v) is 2.04. The van der Waals surface area contributed by atoms with E-state index in [0.29, 0.717) is 29.9 Å². The Bertz CT molecular complexity index is 567. The zero-order valence-electron chi connectivity index (χ0n) is 11.7. The number of halogens is 1. The van der Waals surface area contributed by atoms with Gasteiger partial charge in [0.25, 0.3) is 0 Å². The van der Waals surface area contributed by atoms with Crippen LogP contribution < -0.4 is 11.1 Å². The molecule has 0 radical (unpaired) electrons. The Kier molecular flexibility index (Phi) is 4.93. The van der Waals surface area contributed by atoms with Gasteiger partial charge in [0, 0.05) is 23.7 Å². The van der Waals surface area contributed by atoms with Gasteiger partial charge in [0.05, 0.1) is 17.6 Å². The number of hydrogen-bond donors (Lipinski definition) is 2. The SMILES string of the molecule is CC(C)c1nc(-c2ccc(Cl)cc2)ncc1NCCN. The van der Waals surface area contributed by atoms with Gasteiger partial charge in [-0.25, -0.2) is 9.97 Å². The Hall–Kier alpha value is -1.65. The molecule has 1 aromatic heterocycles. The Labute approximate surface area is 124 Å². The van der Waals surface area contributed by atoms with E-state index in [-0.39, 0.29) is 0 Å². The summed E-state index contributed by atoms with van der Waals surface area (Å²) >= 11 is 5.90. The molecule has 0 aliphatic carbocycles. The van der Waals surface area contributed by atoms with Crippen LogP contribution in [0.4, 0.5) is 5.69 Å². The van der Waals surface area contributed by atoms with Gasteiger partial charge in [-0.2, -0.15) is 0 Å². The van der Waals surface area contributed by atoms with Crippen molar-refractivity contribution in [2.24, 2.45) is 5.73 Å². The molecule has 3 N–H and O–H groups in total. The molecule has 1 heterocycles. The molecule has 4 nitrogen and oxygen atoms in total. The lowest BCUT2D eigenvalue weighted by atomic mass is 10.1. The first-order chi connectivity index (χ1) is 9.61. The Morgan fingerprint density at radius 3 is 2.55 bits per heavy atom. The van der Waals surface area contributed by atoms with Gasteiger partial charge in [0.1, 0.15) is 0 Å². The lowest BCUT2D eigenvalue weighted by Gasteiger charge is -2.14. The number of aromatic nitrogens is 2. The number of nitrogens with one attached hydrogen (secondary N) is 1. The molecule has 0 bridgehead atoms. The number of rotatable bonds is 5. The Morgan fingerprint density at radius 2 is 1.95 bits per heavy atom. The predicted molar refractivity (Wildman–Crippen MR) is 84.1 cm³/mol. The van der Waals surface area contributed by atoms with Crippen LogP contribution in [0.25, 0.3) is 11.4 Å². The van der Waals surface area contributed by atoms with Crippen LogP contribution in [0.1, 0.15) is 25.5 Å². The summed E-state index contributed by atoms with van der Waals surface area (Å²) < 4.78 is 0. The molecule has 2 rings (SSSR count). The van der Waals surface area contributed by atoms with Crippen LogP contribution in [0, 0.1) is 0 Å². The highest BCUT2D eigenvalue weighted by Crippen LogP contribution is 2.25. The number of benzene rings is 1. The average molecular weight is 291 g/mol. The molecule has 1 aromatic carbocycles. The second-order valence-electron chi connectivity index (χ2n) is 4.87. The standard InChI is InChI=1S/C15H19ClN4/c1-10(2)14-13(18-8-7-17)9-19-15(20-14)11-3-5-12(16)6-4-11/h3-6,9-10,18H,7-8,17H2,1-2H3. The van der Waals surface area contributed by atoms with Gasteiger partial charge in [0.15, 0.2) is 5.82 Å². The van der Waals surface area contributed by atoms with Crippen molar-refractivity contribution in [3.8, 4) is 11.4 Å². The number of nitrogens with zero attached hydrogens (tertiary/aromatic N) is 2. The fraction of sp³-hybridized carbons (Fsp3) is 0.333. The lowest BCUT2D eigenvalue weighted by molar-refractivity contribution is 0.815. The van der Waals surface area contributed by atoms with E-state index >= 15 is 0 Å². The van der Waals surface area contributed by atoms with Crippen LogP contribution in [-0.4, -0.2) is 23.1 Å². The molecule has 0 atom stereocenters. The molecular formula is C15H19ClN4. The molecule has 0 aliphatic heterocycles. The first kappa shape index (κ1) is 14.8. The maximum atomic E-state index is 5.90. The predicted octanol–water partition coefficient (Wildman–Crippen LogP) is 3.29. The third-order valence-corrected chi connectivity index (χ3v) is 3.18. The van der Waals surface area contributed by atoms with Crippen LogP contribution in [0.2, 0.25) is 5.02 Å². The minimum Gasteiger partial charge on any atom is -0.381 e. The van der Waals surface area contributed by atoms with Gasteiger partial charge in [-0.3, -0.25) is 0 Å². The van der Waals surface area contributed by atoms with Crippen molar-refractivity contribution in [3.05, 3.63) is 41.2 Å². The quantitative estimate of drug-likeness (QED) is 0.887. The van der Waals surface area contributed by atoms with Crippen LogP contribution in [-0.2, 0) is 0 Å². The highest BCUT2D eigenvalue weighted by atomic mass is 35.5. The molecule has 0 aliphatic rings. The molecule has 0 amide bonds. The molecule has 0 fully saturated rings. The first-order valence-electron chi connectivity index (χ1n) is 6.68. The van der Waals surface area contributed by atoms with E-state index in [0.717, 1.165) is 16.9 Å². The van der Waals surface area contributed by atoms with E-state index in [4.69, 9.17) is 17.3 Å². The topological polar surface area (TPSA) is 63.8 Å². The van der Waals surface area contributed by atoms with Crippen LogP contribution >= 0.6 is 11.6 Å². The maximum Gasteiger partial charge on any atom is 0.159 e. The summed E-state index contributed by atoms with van der Waals surface area (Å²) in [6, 6.07) is 7.54. The van der Waals surface area contributed by atoms with Crippen molar-refractivity contribution in [2.45, 2.75) is 19.8 Å². The molecule has 0 saturated heterocycles. The third kappa shape index (κ3) is 3.46. The van der Waals surface area contributed by atoms with Crippen LogP contribution in [0.15, 0.2) is 30.5 Å². The van der Waals surface area contributed by atoms with Crippen molar-refractivity contribution in [1.82, 2.24) is 9.97 Å². The van der Waals surface area contributed by atoms with E-state index < -0.39 is 0 Å². The smallest absolute Gasteiger partial charge is 0.159 e. The molecule has 0 saturated carbocycles. The first-order valence-corrected chi connectivity index (χ1v) is 7.06. The van der Waals surface area contributed by atoms with Gasteiger partial charge >= 0.3 is 0 Å². The molecule has 106 valence electrons. The highest BCUT2D eigenvalue weighted by molar-refractivity contribution is 6.30. The molecule has 0 unspecified atom stereocenters. The van der Waals surface area contributed by atoms with Crippen LogP contribution in [0.3, 0.4) is 0 Å². The lowest BCUT2D eigenvalue weighted by Crippen LogP contribution is -2.15. The minimum atomic E-state index is 0.310. The largest absolute Gasteiger partial charge is 0.381 e. The van der Waals surface area contributed by atoms with Gasteiger partial charge in [-0.05, 0) is 30.2 Å². The van der Waals surface area contributed by atoms with Crippen molar-refractivity contribution >= 4 is 17.3 Å². The zero-order chi connectivity index (χ0) is 14.5. The second kappa shape index (κ2) is 6.68. The van der Waals surface area contributed by atoms with Crippen molar-refractivity contribution < 1.29 is 0 Å². The average Bonchev–Trinajstić information content (AvgIpc) is 2.45. The van der Waals surface area contributed by atoms with E-state index in [2.05, 4.69) is 29.1 Å². The van der Waals surface area contributed by atoms with E-state index in [1.165, 1.54) is 0 Å². The summed E-state index contributed by atoms with van der Waals surface area (Å²) in [5.74, 6) is 1.02. The summed E-state index contributed by atoms with van der Waals surface area (Å²) in [5, 5.41) is 3.97. The highest BCUT2D eigenvalue weighted by Gasteiger charge is 2.11. The maximum absolute atomic E-state index is 5.90. The normalized spacial score (nSPS) is 10.8. The van der Waals surface area contributed by atoms with Gasteiger partial charge in [-0.1, -0.05) is 25.4 Å². The van der Waals surface area contributed by atoms with Gasteiger partial charge in [0.2, 0.25) is 0 Å². The summed E-state index contributed by atoms with van der Waals surface area (Å²) in [5.41, 5.74) is 8.43. The van der Waals surface area contributed by atoms with Crippen LogP contribution in [0.5, 0.6) is 0 Å². The summed E-state index contributed by atoms with van der Waals surface area (Å²) in [6.07, 6.45) is 1.82. The van der Waals surface area contributed by atoms with E-state index in [1.54, 1.807) is 0 Å². The number of anilines is 1. The molecule has 2 aromatic rings. The third-order valence-electron chi connectivity index (χ3n) is 2.93. The Morgan fingerprint density at radius 1 is 1.25 bits per heavy atom. The number of hydrogen-bond acceptors (Lipinski definition) is 4. The van der Waals surface area contributed by atoms with Crippen molar-refractivity contribution in [3.63, 3.8) is 0 Å². The monoisotopic (exact) mass is 290 g/mol. The van der Waals surface area contributed by atoms with Gasteiger partial charge in [-0.15, -0.1) is 0 Å². The van der Waals surface area contributed by atoms with Crippen molar-refractivity contribution in [2.75, 3.05) is 18.4 Å². The van der Waals surface area contributed by atoms with Crippen molar-refractivity contribution in [1.29, 1.82) is 0 Å². The summed E-state index contributed by atoms with van der Waals surface area (Å²) in [7, 11) is 0. The molecule has 0 spiro atoms. The van der Waals surface area contributed by atoms with Gasteiger partial charge < -0.3 is 11.1 Å². The van der Waals surface area contributed by atoms with E-state index in [9.17, 15) is 0 Å². The minimum absolute atomic E-state index is 0.310.